The number of furan rings is 1. The maximum absolute atomic E-state index is 10.9. The van der Waals surface area contributed by atoms with Crippen molar-refractivity contribution < 1.29 is 19.1 Å². The highest BCUT2D eigenvalue weighted by Crippen LogP contribution is 2.03. The molecule has 2 atom stereocenters. The molecule has 0 aliphatic heterocycles. The first-order chi connectivity index (χ1) is 8.49. The maximum atomic E-state index is 10.9. The zero-order valence-corrected chi connectivity index (χ0v) is 10.5. The second-order valence-electron chi connectivity index (χ2n) is 4.18. The summed E-state index contributed by atoms with van der Waals surface area (Å²) in [5.41, 5.74) is 0. The fraction of sp³-hybridized carbons (Fsp3) is 0.500. The Hall–Kier alpha value is -1.82. The number of carbonyl (C=O) groups is 2. The van der Waals surface area contributed by atoms with Gasteiger partial charge in [-0.25, -0.2) is 4.79 Å². The second-order valence-corrected chi connectivity index (χ2v) is 4.18. The molecule has 0 spiro atoms. The molecule has 1 rings (SSSR count). The van der Waals surface area contributed by atoms with Crippen molar-refractivity contribution in [3.63, 3.8) is 0 Å². The zero-order chi connectivity index (χ0) is 13.5. The topological polar surface area (TPSA) is 91.6 Å². The van der Waals surface area contributed by atoms with E-state index in [2.05, 4.69) is 10.6 Å². The predicted octanol–water partition coefficient (Wildman–Crippen LogP) is 0.389. The van der Waals surface area contributed by atoms with Crippen LogP contribution in [0, 0.1) is 0 Å². The molecule has 0 fully saturated rings. The van der Waals surface area contributed by atoms with Crippen LogP contribution in [0.15, 0.2) is 22.8 Å². The van der Waals surface area contributed by atoms with Crippen molar-refractivity contribution in [1.29, 1.82) is 0 Å². The lowest BCUT2D eigenvalue weighted by Gasteiger charge is -2.17. The van der Waals surface area contributed by atoms with Gasteiger partial charge >= 0.3 is 5.97 Å². The van der Waals surface area contributed by atoms with Crippen LogP contribution in [0.2, 0.25) is 0 Å². The number of carbonyl (C=O) groups excluding carboxylic acids is 1. The van der Waals surface area contributed by atoms with Gasteiger partial charge in [-0.15, -0.1) is 0 Å². The first kappa shape index (κ1) is 14.2. The Balaban J connectivity index is 2.37. The first-order valence-electron chi connectivity index (χ1n) is 5.74. The molecular formula is C12H18N2O4. The molecule has 0 saturated heterocycles. The van der Waals surface area contributed by atoms with E-state index in [4.69, 9.17) is 9.52 Å². The summed E-state index contributed by atoms with van der Waals surface area (Å²) in [5, 5.41) is 14.3. The van der Waals surface area contributed by atoms with Gasteiger partial charge in [-0.1, -0.05) is 0 Å². The van der Waals surface area contributed by atoms with Crippen molar-refractivity contribution in [2.75, 3.05) is 6.54 Å². The van der Waals surface area contributed by atoms with E-state index < -0.39 is 12.0 Å². The van der Waals surface area contributed by atoms with E-state index in [1.54, 1.807) is 12.3 Å². The molecule has 3 N–H and O–H groups in total. The molecule has 0 aliphatic carbocycles. The first-order valence-corrected chi connectivity index (χ1v) is 5.74. The molecule has 6 nitrogen and oxygen atoms in total. The van der Waals surface area contributed by atoms with Gasteiger partial charge in [0.25, 0.3) is 0 Å². The van der Waals surface area contributed by atoms with Crippen molar-refractivity contribution in [2.24, 2.45) is 0 Å². The Bertz CT molecular complexity index is 389. The summed E-state index contributed by atoms with van der Waals surface area (Å²) in [5.74, 6) is -0.577. The van der Waals surface area contributed by atoms with Crippen LogP contribution in [0.1, 0.15) is 19.6 Å². The third kappa shape index (κ3) is 5.01. The zero-order valence-electron chi connectivity index (χ0n) is 10.5. The highest BCUT2D eigenvalue weighted by atomic mass is 16.4. The Kier molecular flexibility index (Phi) is 5.38. The summed E-state index contributed by atoms with van der Waals surface area (Å²) in [4.78, 5) is 21.7. The van der Waals surface area contributed by atoms with E-state index >= 15 is 0 Å². The van der Waals surface area contributed by atoms with E-state index in [0.29, 0.717) is 6.42 Å². The summed E-state index contributed by atoms with van der Waals surface area (Å²) in [6.45, 7) is 3.40. The maximum Gasteiger partial charge on any atom is 0.327 e. The van der Waals surface area contributed by atoms with Crippen molar-refractivity contribution >= 4 is 11.9 Å². The second kappa shape index (κ2) is 6.80. The van der Waals surface area contributed by atoms with Crippen molar-refractivity contribution in [3.8, 4) is 0 Å². The molecule has 1 heterocycles. The third-order valence-corrected chi connectivity index (χ3v) is 2.43. The molecule has 1 amide bonds. The van der Waals surface area contributed by atoms with Crippen LogP contribution in [0.4, 0.5) is 0 Å². The summed E-state index contributed by atoms with van der Waals surface area (Å²) in [6.07, 6.45) is 2.26. The van der Waals surface area contributed by atoms with Crippen LogP contribution in [0.3, 0.4) is 0 Å². The fourth-order valence-electron chi connectivity index (χ4n) is 1.57. The average molecular weight is 254 g/mol. The minimum atomic E-state index is -1.05. The van der Waals surface area contributed by atoms with Gasteiger partial charge in [0, 0.05) is 25.9 Å². The fourth-order valence-corrected chi connectivity index (χ4v) is 1.57. The molecule has 18 heavy (non-hydrogen) atoms. The SMILES string of the molecule is CC(=O)NC(CNC(C)Cc1ccco1)C(=O)O. The highest BCUT2D eigenvalue weighted by molar-refractivity contribution is 5.82. The van der Waals surface area contributed by atoms with Crippen LogP contribution >= 0.6 is 0 Å². The highest BCUT2D eigenvalue weighted by Gasteiger charge is 2.18. The molecule has 1 aromatic heterocycles. The smallest absolute Gasteiger partial charge is 0.327 e. The lowest BCUT2D eigenvalue weighted by atomic mass is 10.2. The van der Waals surface area contributed by atoms with E-state index in [1.807, 2.05) is 13.0 Å². The number of hydrogen-bond donors (Lipinski definition) is 3. The van der Waals surface area contributed by atoms with Gasteiger partial charge < -0.3 is 20.2 Å². The minimum absolute atomic E-state index is 0.0618. The van der Waals surface area contributed by atoms with Crippen LogP contribution in [-0.4, -0.2) is 35.6 Å². The molecule has 0 aliphatic rings. The summed E-state index contributed by atoms with van der Waals surface area (Å²) < 4.78 is 5.20. The predicted molar refractivity (Wildman–Crippen MR) is 65.1 cm³/mol. The summed E-state index contributed by atoms with van der Waals surface area (Å²) >= 11 is 0. The van der Waals surface area contributed by atoms with Gasteiger partial charge in [0.05, 0.1) is 6.26 Å². The van der Waals surface area contributed by atoms with E-state index in [9.17, 15) is 9.59 Å². The van der Waals surface area contributed by atoms with E-state index in [1.165, 1.54) is 6.92 Å². The number of amides is 1. The summed E-state index contributed by atoms with van der Waals surface area (Å²) in [6, 6.07) is 2.81. The molecule has 2 unspecified atom stereocenters. The normalized spacial score (nSPS) is 13.9. The van der Waals surface area contributed by atoms with Gasteiger partial charge in [-0.2, -0.15) is 0 Å². The van der Waals surface area contributed by atoms with E-state index in [0.717, 1.165) is 5.76 Å². The number of aliphatic carboxylic acids is 1. The average Bonchev–Trinajstić information content (AvgIpc) is 2.76. The number of carboxylic acids is 1. The van der Waals surface area contributed by atoms with Crippen LogP contribution in [0.25, 0.3) is 0 Å². The van der Waals surface area contributed by atoms with Crippen molar-refractivity contribution in [2.45, 2.75) is 32.4 Å². The Morgan fingerprint density at radius 1 is 1.50 bits per heavy atom. The van der Waals surface area contributed by atoms with Crippen LogP contribution in [0.5, 0.6) is 0 Å². The molecule has 1 aromatic rings. The van der Waals surface area contributed by atoms with Gasteiger partial charge in [0.15, 0.2) is 0 Å². The van der Waals surface area contributed by atoms with E-state index in [-0.39, 0.29) is 18.5 Å². The molecule has 0 saturated carbocycles. The molecule has 0 aromatic carbocycles. The number of rotatable bonds is 7. The number of nitrogens with one attached hydrogen (secondary N) is 2. The molecule has 100 valence electrons. The van der Waals surface area contributed by atoms with Gasteiger partial charge in [-0.3, -0.25) is 4.79 Å². The Labute approximate surface area is 105 Å². The summed E-state index contributed by atoms with van der Waals surface area (Å²) in [7, 11) is 0. The third-order valence-electron chi connectivity index (χ3n) is 2.43. The lowest BCUT2D eigenvalue weighted by molar-refractivity contribution is -0.141. The number of hydrogen-bond acceptors (Lipinski definition) is 4. The van der Waals surface area contributed by atoms with Gasteiger partial charge in [0.1, 0.15) is 11.8 Å². The standard InChI is InChI=1S/C12H18N2O4/c1-8(6-10-4-3-5-18-10)13-7-11(12(16)17)14-9(2)15/h3-5,8,11,13H,6-7H2,1-2H3,(H,14,15)(H,16,17). The largest absolute Gasteiger partial charge is 0.480 e. The van der Waals surface area contributed by atoms with Crippen LogP contribution in [-0.2, 0) is 16.0 Å². The van der Waals surface area contributed by atoms with Crippen LogP contribution < -0.4 is 10.6 Å². The Morgan fingerprint density at radius 3 is 2.72 bits per heavy atom. The lowest BCUT2D eigenvalue weighted by Crippen LogP contribution is -2.48. The van der Waals surface area contributed by atoms with Crippen molar-refractivity contribution in [1.82, 2.24) is 10.6 Å². The Morgan fingerprint density at radius 2 is 2.22 bits per heavy atom. The molecule has 6 heteroatoms. The number of carboxylic acid groups (broad SMARTS) is 1. The molecule has 0 bridgehead atoms. The minimum Gasteiger partial charge on any atom is -0.480 e. The van der Waals surface area contributed by atoms with Crippen molar-refractivity contribution in [3.05, 3.63) is 24.2 Å². The molecule has 0 radical (unpaired) electrons. The monoisotopic (exact) mass is 254 g/mol. The molecular weight excluding hydrogens is 236 g/mol. The van der Waals surface area contributed by atoms with Gasteiger partial charge in [0.2, 0.25) is 5.91 Å². The quantitative estimate of drug-likeness (QED) is 0.654. The van der Waals surface area contributed by atoms with Gasteiger partial charge in [-0.05, 0) is 19.1 Å².